The van der Waals surface area contributed by atoms with Crippen LogP contribution in [0.25, 0.3) is 11.3 Å². The molecule has 0 bridgehead atoms. The van der Waals surface area contributed by atoms with Crippen LogP contribution in [0.5, 0.6) is 5.75 Å². The van der Waals surface area contributed by atoms with Crippen LogP contribution in [0.15, 0.2) is 29.2 Å². The molecule has 2 aromatic rings. The third-order valence-electron chi connectivity index (χ3n) is 3.22. The van der Waals surface area contributed by atoms with Gasteiger partial charge in [-0.1, -0.05) is 32.0 Å². The highest BCUT2D eigenvalue weighted by molar-refractivity contribution is 8.00. The number of hydrogen-bond donors (Lipinski definition) is 1. The van der Waals surface area contributed by atoms with Crippen molar-refractivity contribution in [3.63, 3.8) is 0 Å². The summed E-state index contributed by atoms with van der Waals surface area (Å²) in [6.45, 7) is 12.5. The lowest BCUT2D eigenvalue weighted by Gasteiger charge is -2.20. The molecular weight excluding hydrogens is 280 g/mol. The van der Waals surface area contributed by atoms with Gasteiger partial charge in [0.1, 0.15) is 5.69 Å². The van der Waals surface area contributed by atoms with Crippen molar-refractivity contribution in [1.82, 2.24) is 9.78 Å². The summed E-state index contributed by atoms with van der Waals surface area (Å²) in [5, 5.41) is 15.7. The molecule has 0 amide bonds. The Bertz CT molecular complexity index is 639. The second-order valence-corrected chi connectivity index (χ2v) is 8.15. The quantitative estimate of drug-likeness (QED) is 0.826. The summed E-state index contributed by atoms with van der Waals surface area (Å²) in [6, 6.07) is 8.13. The number of thioether (sulfide) groups is 1. The predicted molar refractivity (Wildman–Crippen MR) is 90.1 cm³/mol. The molecule has 4 heteroatoms. The van der Waals surface area contributed by atoms with E-state index in [-0.39, 0.29) is 11.3 Å². The van der Waals surface area contributed by atoms with E-state index in [4.69, 9.17) is 0 Å². The summed E-state index contributed by atoms with van der Waals surface area (Å²) in [6.07, 6.45) is 0. The highest BCUT2D eigenvalue weighted by atomic mass is 32.2. The summed E-state index contributed by atoms with van der Waals surface area (Å²) in [5.41, 5.74) is 2.33. The molecule has 1 N–H and O–H groups in total. The Labute approximate surface area is 131 Å². The molecule has 0 aliphatic carbocycles. The number of aromatic nitrogens is 2. The first kappa shape index (κ1) is 16.0. The van der Waals surface area contributed by atoms with Gasteiger partial charge in [-0.3, -0.25) is 4.68 Å². The Morgan fingerprint density at radius 2 is 1.81 bits per heavy atom. The van der Waals surface area contributed by atoms with Crippen molar-refractivity contribution < 1.29 is 5.11 Å². The minimum Gasteiger partial charge on any atom is -0.504 e. The molecule has 1 aromatic carbocycles. The van der Waals surface area contributed by atoms with Crippen LogP contribution in [-0.4, -0.2) is 20.1 Å². The SMILES string of the molecule is Cc1c(O)c(-c2ccccc2SC(C)C)nn1C(C)(C)C. The Kier molecular flexibility index (Phi) is 4.38. The summed E-state index contributed by atoms with van der Waals surface area (Å²) in [5.74, 6) is 0.279. The van der Waals surface area contributed by atoms with E-state index in [1.54, 1.807) is 11.8 Å². The molecule has 0 saturated heterocycles. The lowest BCUT2D eigenvalue weighted by molar-refractivity contribution is 0.345. The van der Waals surface area contributed by atoms with E-state index < -0.39 is 0 Å². The summed E-state index contributed by atoms with van der Waals surface area (Å²) in [4.78, 5) is 1.15. The lowest BCUT2D eigenvalue weighted by Crippen LogP contribution is -2.24. The van der Waals surface area contributed by atoms with Crippen LogP contribution >= 0.6 is 11.8 Å². The molecule has 0 saturated carbocycles. The maximum absolute atomic E-state index is 10.5. The van der Waals surface area contributed by atoms with Crippen LogP contribution in [0, 0.1) is 6.92 Å². The van der Waals surface area contributed by atoms with Gasteiger partial charge in [0.15, 0.2) is 5.75 Å². The molecule has 1 aromatic heterocycles. The van der Waals surface area contributed by atoms with Gasteiger partial charge in [-0.05, 0) is 33.8 Å². The Balaban J connectivity index is 2.58. The highest BCUT2D eigenvalue weighted by Gasteiger charge is 2.24. The van der Waals surface area contributed by atoms with E-state index >= 15 is 0 Å². The number of nitrogens with zero attached hydrogens (tertiary/aromatic N) is 2. The molecule has 21 heavy (non-hydrogen) atoms. The maximum Gasteiger partial charge on any atom is 0.164 e. The van der Waals surface area contributed by atoms with Gasteiger partial charge >= 0.3 is 0 Å². The zero-order chi connectivity index (χ0) is 15.8. The number of hydrogen-bond acceptors (Lipinski definition) is 3. The number of benzene rings is 1. The third kappa shape index (κ3) is 3.26. The molecule has 1 heterocycles. The van der Waals surface area contributed by atoms with E-state index in [1.807, 2.05) is 29.8 Å². The van der Waals surface area contributed by atoms with E-state index in [0.29, 0.717) is 10.9 Å². The molecule has 114 valence electrons. The standard InChI is InChI=1S/C17H24N2OS/c1-11(2)21-14-10-8-7-9-13(14)15-16(20)12(3)19(18-15)17(4,5)6/h7-11,20H,1-6H3. The summed E-state index contributed by atoms with van der Waals surface area (Å²) in [7, 11) is 0. The van der Waals surface area contributed by atoms with Crippen molar-refractivity contribution in [1.29, 1.82) is 0 Å². The molecule has 0 fully saturated rings. The zero-order valence-corrected chi connectivity index (χ0v) is 14.5. The number of rotatable bonds is 3. The van der Waals surface area contributed by atoms with Crippen LogP contribution in [0.4, 0.5) is 0 Å². The van der Waals surface area contributed by atoms with Crippen molar-refractivity contribution in [2.45, 2.75) is 57.2 Å². The normalized spacial score (nSPS) is 12.1. The van der Waals surface area contributed by atoms with Gasteiger partial charge in [0.2, 0.25) is 0 Å². The van der Waals surface area contributed by atoms with Crippen LogP contribution in [0.1, 0.15) is 40.3 Å². The van der Waals surface area contributed by atoms with Gasteiger partial charge in [-0.25, -0.2) is 0 Å². The van der Waals surface area contributed by atoms with Crippen molar-refractivity contribution in [3.05, 3.63) is 30.0 Å². The fourth-order valence-electron chi connectivity index (χ4n) is 2.35. The number of aromatic hydroxyl groups is 1. The molecule has 0 aliphatic heterocycles. The molecule has 0 unspecified atom stereocenters. The second kappa shape index (κ2) is 5.76. The van der Waals surface area contributed by atoms with Crippen molar-refractivity contribution >= 4 is 11.8 Å². The van der Waals surface area contributed by atoms with Gasteiger partial charge in [-0.15, -0.1) is 11.8 Å². The van der Waals surface area contributed by atoms with Crippen molar-refractivity contribution in [3.8, 4) is 17.0 Å². The molecule has 0 atom stereocenters. The minimum absolute atomic E-state index is 0.153. The first-order valence-corrected chi connectivity index (χ1v) is 8.15. The Morgan fingerprint density at radius 1 is 1.19 bits per heavy atom. The first-order valence-electron chi connectivity index (χ1n) is 7.27. The van der Waals surface area contributed by atoms with E-state index in [1.165, 1.54) is 0 Å². The van der Waals surface area contributed by atoms with E-state index in [2.05, 4.69) is 45.8 Å². The average molecular weight is 304 g/mol. The van der Waals surface area contributed by atoms with Gasteiger partial charge in [-0.2, -0.15) is 5.10 Å². The smallest absolute Gasteiger partial charge is 0.164 e. The Morgan fingerprint density at radius 3 is 2.33 bits per heavy atom. The van der Waals surface area contributed by atoms with Crippen molar-refractivity contribution in [2.75, 3.05) is 0 Å². The van der Waals surface area contributed by atoms with Crippen LogP contribution in [0.2, 0.25) is 0 Å². The molecular formula is C17H24N2OS. The molecule has 2 rings (SSSR count). The fourth-order valence-corrected chi connectivity index (χ4v) is 3.30. The largest absolute Gasteiger partial charge is 0.504 e. The average Bonchev–Trinajstić information content (AvgIpc) is 2.66. The molecule has 0 radical (unpaired) electrons. The molecule has 3 nitrogen and oxygen atoms in total. The van der Waals surface area contributed by atoms with E-state index in [9.17, 15) is 5.11 Å². The topological polar surface area (TPSA) is 38.1 Å². The van der Waals surface area contributed by atoms with Gasteiger partial charge in [0.05, 0.1) is 11.2 Å². The third-order valence-corrected chi connectivity index (χ3v) is 4.31. The summed E-state index contributed by atoms with van der Waals surface area (Å²) >= 11 is 1.79. The predicted octanol–water partition coefficient (Wildman–Crippen LogP) is 4.82. The van der Waals surface area contributed by atoms with Crippen molar-refractivity contribution in [2.24, 2.45) is 0 Å². The zero-order valence-electron chi connectivity index (χ0n) is 13.6. The highest BCUT2D eigenvalue weighted by Crippen LogP contribution is 2.39. The van der Waals surface area contributed by atoms with Gasteiger partial charge < -0.3 is 5.11 Å². The molecule has 0 aliphatic rings. The summed E-state index contributed by atoms with van der Waals surface area (Å²) < 4.78 is 1.90. The monoisotopic (exact) mass is 304 g/mol. The van der Waals surface area contributed by atoms with E-state index in [0.717, 1.165) is 16.2 Å². The van der Waals surface area contributed by atoms with Crippen LogP contribution in [-0.2, 0) is 5.54 Å². The lowest BCUT2D eigenvalue weighted by atomic mass is 10.1. The molecule has 0 spiro atoms. The minimum atomic E-state index is -0.153. The van der Waals surface area contributed by atoms with Crippen LogP contribution in [0.3, 0.4) is 0 Å². The Hall–Kier alpha value is -1.42. The second-order valence-electron chi connectivity index (χ2n) is 6.53. The van der Waals surface area contributed by atoms with Gasteiger partial charge in [0.25, 0.3) is 0 Å². The first-order chi connectivity index (χ1) is 9.71. The van der Waals surface area contributed by atoms with Crippen LogP contribution < -0.4 is 0 Å². The van der Waals surface area contributed by atoms with Gasteiger partial charge in [0, 0.05) is 15.7 Å². The maximum atomic E-state index is 10.5. The fraction of sp³-hybridized carbons (Fsp3) is 0.471.